The zero-order chi connectivity index (χ0) is 19.6. The molecule has 27 heavy (non-hydrogen) atoms. The summed E-state index contributed by atoms with van der Waals surface area (Å²) in [5.41, 5.74) is 1.82. The Morgan fingerprint density at radius 2 is 1.56 bits per heavy atom. The van der Waals surface area contributed by atoms with E-state index < -0.39 is 5.91 Å². The summed E-state index contributed by atoms with van der Waals surface area (Å²) in [6, 6.07) is 15.6. The molecule has 0 heterocycles. The number of carbonyl (C=O) groups is 2. The van der Waals surface area contributed by atoms with Crippen LogP contribution in [0.1, 0.15) is 13.8 Å². The van der Waals surface area contributed by atoms with E-state index in [9.17, 15) is 14.9 Å². The minimum atomic E-state index is -0.524. The molecule has 0 aliphatic heterocycles. The van der Waals surface area contributed by atoms with E-state index in [1.54, 1.807) is 48.5 Å². The maximum Gasteiger partial charge on any atom is 0.267 e. The highest BCUT2D eigenvalue weighted by Crippen LogP contribution is 2.17. The first-order valence-electron chi connectivity index (χ1n) is 8.30. The summed E-state index contributed by atoms with van der Waals surface area (Å²) >= 11 is 0. The quantitative estimate of drug-likeness (QED) is 0.515. The van der Waals surface area contributed by atoms with Crippen molar-refractivity contribution in [2.24, 2.45) is 0 Å². The van der Waals surface area contributed by atoms with Gasteiger partial charge in [0, 0.05) is 30.2 Å². The number of carbonyl (C=O) groups excluding carboxylic acids is 2. The van der Waals surface area contributed by atoms with Crippen molar-refractivity contribution in [1.29, 1.82) is 5.26 Å². The van der Waals surface area contributed by atoms with Gasteiger partial charge < -0.3 is 20.7 Å². The van der Waals surface area contributed by atoms with Crippen molar-refractivity contribution in [3.63, 3.8) is 0 Å². The summed E-state index contributed by atoms with van der Waals surface area (Å²) in [7, 11) is 0. The number of anilines is 3. The Balaban J connectivity index is 1.99. The molecule has 0 aromatic heterocycles. The lowest BCUT2D eigenvalue weighted by molar-refractivity contribution is -0.114. The van der Waals surface area contributed by atoms with Crippen LogP contribution in [0.3, 0.4) is 0 Å². The van der Waals surface area contributed by atoms with Crippen molar-refractivity contribution in [2.75, 3.05) is 22.6 Å². The third-order valence-corrected chi connectivity index (χ3v) is 3.38. The largest absolute Gasteiger partial charge is 0.494 e. The summed E-state index contributed by atoms with van der Waals surface area (Å²) < 4.78 is 5.34. The van der Waals surface area contributed by atoms with Crippen LogP contribution in [0, 0.1) is 11.3 Å². The molecule has 7 heteroatoms. The lowest BCUT2D eigenvalue weighted by atomic mass is 10.2. The zero-order valence-corrected chi connectivity index (χ0v) is 15.1. The molecule has 3 N–H and O–H groups in total. The number of nitrogens with zero attached hydrogens (tertiary/aromatic N) is 1. The summed E-state index contributed by atoms with van der Waals surface area (Å²) in [6.45, 7) is 3.88. The number of amides is 2. The van der Waals surface area contributed by atoms with Gasteiger partial charge in [-0.25, -0.2) is 0 Å². The molecule has 2 aromatic carbocycles. The third kappa shape index (κ3) is 6.21. The Hall–Kier alpha value is -3.79. The number of nitriles is 1. The topological polar surface area (TPSA) is 103 Å². The average Bonchev–Trinajstić information content (AvgIpc) is 2.65. The number of hydrogen-bond donors (Lipinski definition) is 3. The Morgan fingerprint density at radius 1 is 1.00 bits per heavy atom. The first-order valence-corrected chi connectivity index (χ1v) is 8.30. The van der Waals surface area contributed by atoms with Gasteiger partial charge in [0.25, 0.3) is 5.91 Å². The molecule has 0 bridgehead atoms. The molecule has 0 aliphatic carbocycles. The second kappa shape index (κ2) is 9.63. The van der Waals surface area contributed by atoms with Crippen LogP contribution >= 0.6 is 0 Å². The zero-order valence-electron chi connectivity index (χ0n) is 15.1. The summed E-state index contributed by atoms with van der Waals surface area (Å²) in [5, 5.41) is 17.4. The van der Waals surface area contributed by atoms with Gasteiger partial charge in [0.05, 0.1) is 6.61 Å². The Kier molecular flexibility index (Phi) is 6.97. The molecule has 138 valence electrons. The fourth-order valence-electron chi connectivity index (χ4n) is 2.16. The predicted molar refractivity (Wildman–Crippen MR) is 104 cm³/mol. The maximum absolute atomic E-state index is 12.2. The van der Waals surface area contributed by atoms with Crippen LogP contribution in [0.25, 0.3) is 0 Å². The molecule has 2 amide bonds. The maximum atomic E-state index is 12.2. The number of rotatable bonds is 7. The summed E-state index contributed by atoms with van der Waals surface area (Å²) in [5.74, 6) is 0.0216. The van der Waals surface area contributed by atoms with Gasteiger partial charge in [-0.3, -0.25) is 9.59 Å². The normalized spacial score (nSPS) is 10.5. The third-order valence-electron chi connectivity index (χ3n) is 3.38. The van der Waals surface area contributed by atoms with Crippen LogP contribution in [0.15, 0.2) is 60.3 Å². The predicted octanol–water partition coefficient (Wildman–Crippen LogP) is 3.50. The molecule has 0 fully saturated rings. The van der Waals surface area contributed by atoms with E-state index in [2.05, 4.69) is 16.0 Å². The number of nitrogens with one attached hydrogen (secondary N) is 3. The van der Waals surface area contributed by atoms with Crippen LogP contribution in [0.5, 0.6) is 5.75 Å². The van der Waals surface area contributed by atoms with Crippen LogP contribution in [-0.2, 0) is 9.59 Å². The molecule has 0 saturated carbocycles. The van der Waals surface area contributed by atoms with Gasteiger partial charge in [-0.1, -0.05) is 0 Å². The highest BCUT2D eigenvalue weighted by molar-refractivity contribution is 6.06. The van der Waals surface area contributed by atoms with Gasteiger partial charge in [0.1, 0.15) is 17.4 Å². The van der Waals surface area contributed by atoms with Crippen molar-refractivity contribution in [1.82, 2.24) is 0 Å². The van der Waals surface area contributed by atoms with E-state index in [4.69, 9.17) is 4.74 Å². The van der Waals surface area contributed by atoms with Gasteiger partial charge >= 0.3 is 0 Å². The van der Waals surface area contributed by atoms with Crippen molar-refractivity contribution >= 4 is 28.9 Å². The molecule has 0 atom stereocenters. The molecular weight excluding hydrogens is 344 g/mol. The Labute approximate surface area is 157 Å². The number of benzene rings is 2. The lowest BCUT2D eigenvalue weighted by Gasteiger charge is -2.07. The average molecular weight is 364 g/mol. The van der Waals surface area contributed by atoms with Gasteiger partial charge in [0.2, 0.25) is 5.91 Å². The van der Waals surface area contributed by atoms with E-state index >= 15 is 0 Å². The molecule has 2 rings (SSSR count). The van der Waals surface area contributed by atoms with Gasteiger partial charge in [-0.2, -0.15) is 5.26 Å². The molecule has 0 radical (unpaired) electrons. The summed E-state index contributed by atoms with van der Waals surface area (Å²) in [4.78, 5) is 23.2. The van der Waals surface area contributed by atoms with E-state index in [0.717, 1.165) is 0 Å². The molecule has 0 unspecified atom stereocenters. The van der Waals surface area contributed by atoms with Crippen LogP contribution < -0.4 is 20.7 Å². The highest BCUT2D eigenvalue weighted by Gasteiger charge is 2.09. The Bertz CT molecular complexity index is 866. The van der Waals surface area contributed by atoms with Crippen LogP contribution in [-0.4, -0.2) is 18.4 Å². The second-order valence-corrected chi connectivity index (χ2v) is 5.48. The monoisotopic (exact) mass is 364 g/mol. The number of ether oxygens (including phenoxy) is 1. The van der Waals surface area contributed by atoms with E-state index in [0.29, 0.717) is 29.4 Å². The van der Waals surface area contributed by atoms with Crippen molar-refractivity contribution in [3.05, 3.63) is 60.3 Å². The fourth-order valence-corrected chi connectivity index (χ4v) is 2.16. The molecular formula is C20H20N4O3. The van der Waals surface area contributed by atoms with Gasteiger partial charge in [-0.05, 0) is 55.5 Å². The van der Waals surface area contributed by atoms with Crippen molar-refractivity contribution in [3.8, 4) is 11.8 Å². The molecule has 7 nitrogen and oxygen atoms in total. The standard InChI is InChI=1S/C20H20N4O3/c1-3-27-19-10-8-18(9-11-19)24-20(26)15(12-21)13-22-16-4-6-17(7-5-16)23-14(2)25/h4-11,13,22H,3H2,1-2H3,(H,23,25)(H,24,26)/b15-13-. The van der Waals surface area contributed by atoms with Crippen molar-refractivity contribution < 1.29 is 14.3 Å². The van der Waals surface area contributed by atoms with E-state index in [1.165, 1.54) is 13.1 Å². The molecule has 0 spiro atoms. The van der Waals surface area contributed by atoms with E-state index in [-0.39, 0.29) is 11.5 Å². The molecule has 0 saturated heterocycles. The number of hydrogen-bond acceptors (Lipinski definition) is 5. The van der Waals surface area contributed by atoms with Crippen LogP contribution in [0.2, 0.25) is 0 Å². The van der Waals surface area contributed by atoms with Crippen molar-refractivity contribution in [2.45, 2.75) is 13.8 Å². The highest BCUT2D eigenvalue weighted by atomic mass is 16.5. The first kappa shape index (κ1) is 19.5. The lowest BCUT2D eigenvalue weighted by Crippen LogP contribution is -2.14. The summed E-state index contributed by atoms with van der Waals surface area (Å²) in [6.07, 6.45) is 1.33. The second-order valence-electron chi connectivity index (χ2n) is 5.48. The minimum Gasteiger partial charge on any atom is -0.494 e. The molecule has 2 aromatic rings. The van der Waals surface area contributed by atoms with Gasteiger partial charge in [-0.15, -0.1) is 0 Å². The fraction of sp³-hybridized carbons (Fsp3) is 0.150. The van der Waals surface area contributed by atoms with Gasteiger partial charge in [0.15, 0.2) is 0 Å². The SMILES string of the molecule is CCOc1ccc(NC(=O)/C(C#N)=C\Nc2ccc(NC(C)=O)cc2)cc1. The van der Waals surface area contributed by atoms with Crippen LogP contribution in [0.4, 0.5) is 17.1 Å². The Morgan fingerprint density at radius 3 is 2.11 bits per heavy atom. The molecule has 0 aliphatic rings. The smallest absolute Gasteiger partial charge is 0.267 e. The minimum absolute atomic E-state index is 0.0742. The first-order chi connectivity index (χ1) is 13.0. The van der Waals surface area contributed by atoms with E-state index in [1.807, 2.05) is 13.0 Å².